The van der Waals surface area contributed by atoms with E-state index in [0.717, 1.165) is 54.7 Å². The molecular weight excluding hydrogens is 376 g/mol. The Balaban J connectivity index is 1.58. The van der Waals surface area contributed by atoms with Crippen molar-refractivity contribution in [2.75, 3.05) is 43.6 Å². The van der Waals surface area contributed by atoms with Crippen LogP contribution in [0.25, 0.3) is 11.1 Å². The second-order valence-electron chi connectivity index (χ2n) is 7.18. The van der Waals surface area contributed by atoms with Gasteiger partial charge in [-0.1, -0.05) is 0 Å². The van der Waals surface area contributed by atoms with Crippen molar-refractivity contribution in [1.29, 1.82) is 5.26 Å². The fraction of sp³-hybridized carbons (Fsp3) is 0.250. The summed E-state index contributed by atoms with van der Waals surface area (Å²) in [6.07, 6.45) is 1.76. The van der Waals surface area contributed by atoms with Gasteiger partial charge in [0.15, 0.2) is 0 Å². The SMILES string of the molecule is COc1ccc(C#N)cc1-c1ccnc(Nc2ccc(N3CCOCC3)c(C)c2)c1. The molecule has 0 amide bonds. The monoisotopic (exact) mass is 400 g/mol. The fourth-order valence-electron chi connectivity index (χ4n) is 3.71. The molecule has 0 saturated carbocycles. The molecule has 30 heavy (non-hydrogen) atoms. The van der Waals surface area contributed by atoms with Gasteiger partial charge in [-0.2, -0.15) is 5.26 Å². The first-order valence-corrected chi connectivity index (χ1v) is 9.93. The van der Waals surface area contributed by atoms with E-state index in [1.54, 1.807) is 19.4 Å². The van der Waals surface area contributed by atoms with Crippen molar-refractivity contribution in [2.24, 2.45) is 0 Å². The maximum Gasteiger partial charge on any atom is 0.130 e. The van der Waals surface area contributed by atoms with E-state index in [9.17, 15) is 5.26 Å². The summed E-state index contributed by atoms with van der Waals surface area (Å²) in [4.78, 5) is 6.81. The van der Waals surface area contributed by atoms with Crippen molar-refractivity contribution in [2.45, 2.75) is 6.92 Å². The van der Waals surface area contributed by atoms with Gasteiger partial charge in [-0.05, 0) is 66.6 Å². The Bertz CT molecular complexity index is 1080. The van der Waals surface area contributed by atoms with E-state index in [4.69, 9.17) is 9.47 Å². The van der Waals surface area contributed by atoms with E-state index in [-0.39, 0.29) is 0 Å². The van der Waals surface area contributed by atoms with Crippen molar-refractivity contribution in [3.63, 3.8) is 0 Å². The molecule has 0 bridgehead atoms. The molecule has 152 valence electrons. The molecule has 1 aromatic heterocycles. The number of aryl methyl sites for hydroxylation is 1. The summed E-state index contributed by atoms with van der Waals surface area (Å²) in [6, 6.07) is 17.8. The number of ether oxygens (including phenoxy) is 2. The van der Waals surface area contributed by atoms with Crippen LogP contribution in [-0.4, -0.2) is 38.4 Å². The van der Waals surface area contributed by atoms with Crippen LogP contribution in [0, 0.1) is 18.3 Å². The average molecular weight is 400 g/mol. The molecule has 4 rings (SSSR count). The fourth-order valence-corrected chi connectivity index (χ4v) is 3.71. The smallest absolute Gasteiger partial charge is 0.130 e. The highest BCUT2D eigenvalue weighted by Crippen LogP contribution is 2.32. The number of anilines is 3. The maximum absolute atomic E-state index is 9.24. The van der Waals surface area contributed by atoms with Crippen LogP contribution < -0.4 is 15.0 Å². The number of morpholine rings is 1. The molecule has 3 aromatic rings. The Morgan fingerprint density at radius 1 is 1.10 bits per heavy atom. The minimum Gasteiger partial charge on any atom is -0.496 e. The molecule has 0 radical (unpaired) electrons. The van der Waals surface area contributed by atoms with Crippen LogP contribution in [0.5, 0.6) is 5.75 Å². The number of hydrogen-bond acceptors (Lipinski definition) is 6. The van der Waals surface area contributed by atoms with E-state index in [2.05, 4.69) is 46.4 Å². The topological polar surface area (TPSA) is 70.4 Å². The summed E-state index contributed by atoms with van der Waals surface area (Å²) in [5.74, 6) is 1.45. The molecule has 1 saturated heterocycles. The van der Waals surface area contributed by atoms with Crippen LogP contribution in [0.15, 0.2) is 54.7 Å². The predicted molar refractivity (Wildman–Crippen MR) is 118 cm³/mol. The molecule has 1 N–H and O–H groups in total. The molecule has 2 aromatic carbocycles. The van der Waals surface area contributed by atoms with Gasteiger partial charge in [0.25, 0.3) is 0 Å². The van der Waals surface area contributed by atoms with Gasteiger partial charge in [-0.3, -0.25) is 0 Å². The number of nitriles is 1. The van der Waals surface area contributed by atoms with Crippen molar-refractivity contribution >= 4 is 17.2 Å². The largest absolute Gasteiger partial charge is 0.496 e. The van der Waals surface area contributed by atoms with Crippen molar-refractivity contribution < 1.29 is 9.47 Å². The molecular formula is C24H24N4O2. The molecule has 2 heterocycles. The van der Waals surface area contributed by atoms with Crippen molar-refractivity contribution in [3.8, 4) is 22.9 Å². The van der Waals surface area contributed by atoms with E-state index >= 15 is 0 Å². The second kappa shape index (κ2) is 8.85. The normalized spacial score (nSPS) is 13.6. The molecule has 0 atom stereocenters. The number of rotatable bonds is 5. The Hall–Kier alpha value is -3.56. The van der Waals surface area contributed by atoms with E-state index in [1.165, 1.54) is 11.3 Å². The molecule has 0 spiro atoms. The highest BCUT2D eigenvalue weighted by atomic mass is 16.5. The van der Waals surface area contributed by atoms with Gasteiger partial charge >= 0.3 is 0 Å². The zero-order valence-electron chi connectivity index (χ0n) is 17.2. The van der Waals surface area contributed by atoms with Crippen LogP contribution in [0.4, 0.5) is 17.2 Å². The Morgan fingerprint density at radius 3 is 2.67 bits per heavy atom. The highest BCUT2D eigenvalue weighted by molar-refractivity contribution is 5.75. The van der Waals surface area contributed by atoms with Crippen LogP contribution >= 0.6 is 0 Å². The van der Waals surface area contributed by atoms with Gasteiger partial charge < -0.3 is 19.7 Å². The molecule has 1 aliphatic rings. The third-order valence-corrected chi connectivity index (χ3v) is 5.22. The zero-order valence-corrected chi connectivity index (χ0v) is 17.2. The molecule has 1 aliphatic heterocycles. The summed E-state index contributed by atoms with van der Waals surface area (Å²) in [6.45, 7) is 5.50. The van der Waals surface area contributed by atoms with E-state index in [1.807, 2.05) is 24.3 Å². The third kappa shape index (κ3) is 4.22. The van der Waals surface area contributed by atoms with Gasteiger partial charge in [0.2, 0.25) is 0 Å². The lowest BCUT2D eigenvalue weighted by atomic mass is 10.0. The van der Waals surface area contributed by atoms with Gasteiger partial charge in [0.05, 0.1) is 32.0 Å². The number of benzene rings is 2. The summed E-state index contributed by atoms with van der Waals surface area (Å²) < 4.78 is 10.9. The molecule has 1 fully saturated rings. The lowest BCUT2D eigenvalue weighted by Crippen LogP contribution is -2.36. The quantitative estimate of drug-likeness (QED) is 0.679. The van der Waals surface area contributed by atoms with Crippen LogP contribution in [0.2, 0.25) is 0 Å². The highest BCUT2D eigenvalue weighted by Gasteiger charge is 2.14. The predicted octanol–water partition coefficient (Wildman–Crippen LogP) is 4.52. The Kier molecular flexibility index (Phi) is 5.82. The number of methoxy groups -OCH3 is 1. The minimum atomic E-state index is 0.589. The lowest BCUT2D eigenvalue weighted by Gasteiger charge is -2.30. The maximum atomic E-state index is 9.24. The third-order valence-electron chi connectivity index (χ3n) is 5.22. The minimum absolute atomic E-state index is 0.589. The number of pyridine rings is 1. The molecule has 0 aliphatic carbocycles. The lowest BCUT2D eigenvalue weighted by molar-refractivity contribution is 0.122. The molecule has 6 heteroatoms. The zero-order chi connectivity index (χ0) is 20.9. The number of nitrogens with zero attached hydrogens (tertiary/aromatic N) is 3. The summed E-state index contributed by atoms with van der Waals surface area (Å²) in [7, 11) is 1.63. The number of nitrogens with one attached hydrogen (secondary N) is 1. The van der Waals surface area contributed by atoms with E-state index < -0.39 is 0 Å². The van der Waals surface area contributed by atoms with Gasteiger partial charge in [-0.15, -0.1) is 0 Å². The summed E-state index contributed by atoms with van der Waals surface area (Å²) >= 11 is 0. The first kappa shape index (κ1) is 19.7. The van der Waals surface area contributed by atoms with E-state index in [0.29, 0.717) is 5.56 Å². The van der Waals surface area contributed by atoms with Gasteiger partial charge in [0.1, 0.15) is 11.6 Å². The standard InChI is InChI=1S/C24H24N4O2/c1-17-13-20(4-5-22(17)28-9-11-30-12-10-28)27-24-15-19(7-8-26-24)21-14-18(16-25)3-6-23(21)29-2/h3-8,13-15H,9-12H2,1-2H3,(H,26,27). The van der Waals surface area contributed by atoms with Crippen LogP contribution in [-0.2, 0) is 4.74 Å². The molecule has 0 unspecified atom stereocenters. The first-order chi connectivity index (χ1) is 14.7. The summed E-state index contributed by atoms with van der Waals surface area (Å²) in [5.41, 5.74) is 5.81. The van der Waals surface area contributed by atoms with Crippen LogP contribution in [0.3, 0.4) is 0 Å². The second-order valence-corrected chi connectivity index (χ2v) is 7.18. The van der Waals surface area contributed by atoms with Crippen molar-refractivity contribution in [3.05, 3.63) is 65.9 Å². The van der Waals surface area contributed by atoms with Gasteiger partial charge in [0, 0.05) is 36.2 Å². The summed E-state index contributed by atoms with van der Waals surface area (Å²) in [5, 5.41) is 12.6. The number of aromatic nitrogens is 1. The Labute approximate surface area is 176 Å². The van der Waals surface area contributed by atoms with Crippen molar-refractivity contribution in [1.82, 2.24) is 4.98 Å². The Morgan fingerprint density at radius 2 is 1.93 bits per heavy atom. The van der Waals surface area contributed by atoms with Crippen LogP contribution in [0.1, 0.15) is 11.1 Å². The average Bonchev–Trinajstić information content (AvgIpc) is 2.79. The first-order valence-electron chi connectivity index (χ1n) is 9.93. The number of hydrogen-bond donors (Lipinski definition) is 1. The molecule has 6 nitrogen and oxygen atoms in total. The van der Waals surface area contributed by atoms with Gasteiger partial charge in [-0.25, -0.2) is 4.98 Å².